The van der Waals surface area contributed by atoms with Gasteiger partial charge in [0, 0.05) is 6.81 Å². The highest BCUT2D eigenvalue weighted by molar-refractivity contribution is 6.08. The lowest BCUT2D eigenvalue weighted by Gasteiger charge is -2.20. The SMILES string of the molecule is CC(C)(C)OC(=O)N/C(=C\c1ccc(C(=O)OCc2ccccc2)c2cc(OCc3ccccc3)ccc12)C(=O)OCc1ccccc1.[HH]. The summed E-state index contributed by atoms with van der Waals surface area (Å²) >= 11 is 0. The molecule has 1 N–H and O–H groups in total. The van der Waals surface area contributed by atoms with Crippen LogP contribution in [-0.2, 0) is 38.8 Å². The monoisotopic (exact) mass is 645 g/mol. The molecule has 0 radical (unpaired) electrons. The first kappa shape index (κ1) is 33.5. The van der Waals surface area contributed by atoms with E-state index in [4.69, 9.17) is 18.9 Å². The summed E-state index contributed by atoms with van der Waals surface area (Å²) in [7, 11) is 0. The van der Waals surface area contributed by atoms with Crippen molar-refractivity contribution in [3.05, 3.63) is 155 Å². The molecule has 0 heterocycles. The van der Waals surface area contributed by atoms with E-state index in [-0.39, 0.29) is 20.3 Å². The van der Waals surface area contributed by atoms with Crippen molar-refractivity contribution >= 4 is 34.9 Å². The molecular weight excluding hydrogens is 606 g/mol. The quantitative estimate of drug-likeness (QED) is 0.0872. The molecule has 0 fully saturated rings. The van der Waals surface area contributed by atoms with Gasteiger partial charge in [0.2, 0.25) is 0 Å². The molecule has 5 aromatic carbocycles. The van der Waals surface area contributed by atoms with Gasteiger partial charge in [-0.05, 0) is 72.7 Å². The molecule has 0 atom stereocenters. The van der Waals surface area contributed by atoms with Gasteiger partial charge >= 0.3 is 18.0 Å². The second-order valence-corrected chi connectivity index (χ2v) is 12.0. The van der Waals surface area contributed by atoms with Crippen molar-refractivity contribution in [1.29, 1.82) is 0 Å². The Morgan fingerprint density at radius 1 is 0.667 bits per heavy atom. The molecule has 0 saturated carbocycles. The fraction of sp³-hybridized carbons (Fsp3) is 0.175. The topological polar surface area (TPSA) is 100 Å². The van der Waals surface area contributed by atoms with Gasteiger partial charge in [0.25, 0.3) is 0 Å². The molecule has 5 aromatic rings. The summed E-state index contributed by atoms with van der Waals surface area (Å²) in [6.07, 6.45) is 0.691. The summed E-state index contributed by atoms with van der Waals surface area (Å²) in [5.41, 5.74) is 2.56. The van der Waals surface area contributed by atoms with E-state index in [1.807, 2.05) is 91.0 Å². The van der Waals surface area contributed by atoms with E-state index in [0.717, 1.165) is 16.7 Å². The maximum absolute atomic E-state index is 13.4. The van der Waals surface area contributed by atoms with Crippen molar-refractivity contribution < 1.29 is 34.8 Å². The van der Waals surface area contributed by atoms with Gasteiger partial charge < -0.3 is 18.9 Å². The zero-order chi connectivity index (χ0) is 33.9. The summed E-state index contributed by atoms with van der Waals surface area (Å²) in [5, 5.41) is 3.72. The van der Waals surface area contributed by atoms with Gasteiger partial charge in [-0.25, -0.2) is 14.4 Å². The standard InChI is InChI=1S/C40H37NO7.H2/c1-40(2,3)48-39(44)41-36(38(43)47-27-30-17-11-6-12-18-30)23-31-19-21-34(37(42)46-26-29-15-9-5-10-16-29)35-24-32(20-22-33(31)35)45-25-28-13-7-4-8-14-28;/h4-24H,25-27H2,1-3H3,(H,41,44);1H/b36-23-;. The highest BCUT2D eigenvalue weighted by Crippen LogP contribution is 2.30. The van der Waals surface area contributed by atoms with Gasteiger partial charge in [0.1, 0.15) is 36.9 Å². The molecule has 0 aliphatic rings. The van der Waals surface area contributed by atoms with Crippen molar-refractivity contribution in [2.45, 2.75) is 46.2 Å². The number of amides is 1. The number of fused-ring (bicyclic) bond motifs is 1. The molecule has 1 amide bonds. The van der Waals surface area contributed by atoms with Gasteiger partial charge in [-0.3, -0.25) is 5.32 Å². The molecule has 0 aromatic heterocycles. The van der Waals surface area contributed by atoms with Crippen LogP contribution in [0.3, 0.4) is 0 Å². The fourth-order valence-corrected chi connectivity index (χ4v) is 4.80. The molecule has 0 spiro atoms. The second-order valence-electron chi connectivity index (χ2n) is 12.0. The molecule has 246 valence electrons. The maximum atomic E-state index is 13.4. The largest absolute Gasteiger partial charge is 0.489 e. The lowest BCUT2D eigenvalue weighted by Crippen LogP contribution is -2.34. The Morgan fingerprint density at radius 3 is 1.81 bits per heavy atom. The van der Waals surface area contributed by atoms with Crippen LogP contribution in [-0.4, -0.2) is 23.6 Å². The Kier molecular flexibility index (Phi) is 10.9. The number of alkyl carbamates (subject to hydrolysis) is 1. The Morgan fingerprint density at radius 2 is 1.23 bits per heavy atom. The van der Waals surface area contributed by atoms with E-state index in [1.165, 1.54) is 6.08 Å². The zero-order valence-electron chi connectivity index (χ0n) is 27.1. The predicted octanol–water partition coefficient (Wildman–Crippen LogP) is 8.63. The average Bonchev–Trinajstić information content (AvgIpc) is 3.09. The highest BCUT2D eigenvalue weighted by atomic mass is 16.6. The van der Waals surface area contributed by atoms with Crippen LogP contribution >= 0.6 is 0 Å². The molecule has 0 aliphatic carbocycles. The highest BCUT2D eigenvalue weighted by Gasteiger charge is 2.22. The molecule has 0 saturated heterocycles. The lowest BCUT2D eigenvalue weighted by molar-refractivity contribution is -0.140. The van der Waals surface area contributed by atoms with E-state index >= 15 is 0 Å². The molecule has 0 bridgehead atoms. The van der Waals surface area contributed by atoms with E-state index < -0.39 is 23.6 Å². The van der Waals surface area contributed by atoms with E-state index in [2.05, 4.69) is 5.32 Å². The minimum Gasteiger partial charge on any atom is -0.489 e. The van der Waals surface area contributed by atoms with Crippen LogP contribution in [0.15, 0.2) is 127 Å². The normalized spacial score (nSPS) is 11.4. The zero-order valence-corrected chi connectivity index (χ0v) is 27.1. The summed E-state index contributed by atoms with van der Waals surface area (Å²) < 4.78 is 22.7. The summed E-state index contributed by atoms with van der Waals surface area (Å²) in [6.45, 7) is 5.61. The van der Waals surface area contributed by atoms with Crippen LogP contribution in [0.25, 0.3) is 16.8 Å². The molecular formula is C40H39NO7. The first-order chi connectivity index (χ1) is 23.1. The Balaban J connectivity index is 0.00000541. The summed E-state index contributed by atoms with van der Waals surface area (Å²) in [4.78, 5) is 39.6. The van der Waals surface area contributed by atoms with Crippen LogP contribution in [0.4, 0.5) is 4.79 Å². The van der Waals surface area contributed by atoms with Crippen molar-refractivity contribution in [3.63, 3.8) is 0 Å². The number of rotatable bonds is 11. The summed E-state index contributed by atoms with van der Waals surface area (Å²) in [5.74, 6) is -0.736. The Hall–Kier alpha value is -5.89. The average molecular weight is 646 g/mol. The van der Waals surface area contributed by atoms with Gasteiger partial charge in [-0.15, -0.1) is 0 Å². The Labute approximate surface area is 281 Å². The smallest absolute Gasteiger partial charge is 0.412 e. The van der Waals surface area contributed by atoms with Crippen LogP contribution in [0.2, 0.25) is 0 Å². The third kappa shape index (κ3) is 9.56. The number of carbonyl (C=O) groups excluding carboxylic acids is 3. The van der Waals surface area contributed by atoms with Gasteiger partial charge in [-0.2, -0.15) is 0 Å². The number of esters is 2. The fourth-order valence-electron chi connectivity index (χ4n) is 4.80. The molecule has 8 heteroatoms. The summed E-state index contributed by atoms with van der Waals surface area (Å²) in [6, 6.07) is 37.0. The van der Waals surface area contributed by atoms with E-state index in [9.17, 15) is 14.4 Å². The van der Waals surface area contributed by atoms with Crippen molar-refractivity contribution in [2.24, 2.45) is 0 Å². The number of nitrogens with one attached hydrogen (secondary N) is 1. The second kappa shape index (κ2) is 15.6. The molecule has 8 nitrogen and oxygen atoms in total. The molecule has 48 heavy (non-hydrogen) atoms. The van der Waals surface area contributed by atoms with Crippen LogP contribution in [0.1, 0.15) is 54.8 Å². The lowest BCUT2D eigenvalue weighted by atomic mass is 9.98. The molecule has 0 unspecified atom stereocenters. The minimum atomic E-state index is -0.813. The van der Waals surface area contributed by atoms with Crippen molar-refractivity contribution in [2.75, 3.05) is 0 Å². The number of ether oxygens (including phenoxy) is 4. The molecule has 0 aliphatic heterocycles. The van der Waals surface area contributed by atoms with E-state index in [0.29, 0.717) is 34.3 Å². The first-order valence-electron chi connectivity index (χ1n) is 15.5. The Bertz CT molecular complexity index is 1900. The predicted molar refractivity (Wildman–Crippen MR) is 186 cm³/mol. The van der Waals surface area contributed by atoms with Crippen LogP contribution < -0.4 is 10.1 Å². The molecule has 5 rings (SSSR count). The van der Waals surface area contributed by atoms with Gasteiger partial charge in [0.05, 0.1) is 5.56 Å². The number of benzene rings is 5. The van der Waals surface area contributed by atoms with Crippen molar-refractivity contribution in [1.82, 2.24) is 5.32 Å². The van der Waals surface area contributed by atoms with Gasteiger partial charge in [-0.1, -0.05) is 103 Å². The van der Waals surface area contributed by atoms with Gasteiger partial charge in [0.15, 0.2) is 0 Å². The van der Waals surface area contributed by atoms with Crippen LogP contribution in [0, 0.1) is 0 Å². The number of hydrogen-bond acceptors (Lipinski definition) is 7. The van der Waals surface area contributed by atoms with E-state index in [1.54, 1.807) is 51.1 Å². The third-order valence-electron chi connectivity index (χ3n) is 7.07. The first-order valence-corrected chi connectivity index (χ1v) is 15.5. The number of hydrogen-bond donors (Lipinski definition) is 1. The van der Waals surface area contributed by atoms with Crippen LogP contribution in [0.5, 0.6) is 5.75 Å². The van der Waals surface area contributed by atoms with Crippen molar-refractivity contribution in [3.8, 4) is 5.75 Å². The number of carbonyl (C=O) groups is 3. The maximum Gasteiger partial charge on any atom is 0.412 e. The third-order valence-corrected chi connectivity index (χ3v) is 7.07. The minimum absolute atomic E-state index is 0.